The molecule has 1 saturated carbocycles. The first-order chi connectivity index (χ1) is 14.0. The van der Waals surface area contributed by atoms with Crippen LogP contribution in [0.2, 0.25) is 0 Å². The molecule has 1 atom stereocenters. The van der Waals surface area contributed by atoms with Gasteiger partial charge >= 0.3 is 0 Å². The maximum Gasteiger partial charge on any atom is 0.291 e. The molecule has 29 heavy (non-hydrogen) atoms. The number of aromatic nitrogens is 3. The van der Waals surface area contributed by atoms with Crippen molar-refractivity contribution in [3.8, 4) is 0 Å². The summed E-state index contributed by atoms with van der Waals surface area (Å²) in [6.45, 7) is 6.14. The highest BCUT2D eigenvalue weighted by Gasteiger charge is 2.33. The topological polar surface area (TPSA) is 71.6 Å². The zero-order valence-corrected chi connectivity index (χ0v) is 17.7. The molecule has 1 aliphatic heterocycles. The van der Waals surface area contributed by atoms with Crippen molar-refractivity contribution in [1.29, 1.82) is 0 Å². The first-order valence-corrected chi connectivity index (χ1v) is 11.4. The molecule has 5 rings (SSSR count). The molecule has 2 aliphatic rings. The Morgan fingerprint density at radius 3 is 2.93 bits per heavy atom. The number of fused-ring (bicyclic) bond motifs is 3. The Labute approximate surface area is 173 Å². The standard InChI is InChI=1S/C21H27N5O2S/c1-13(2)19-23-25(20(28)17-10-14-7-9-29-21(14)26(17)19)12-18(27)22-15-4-3-8-24(11-15)16-5-6-16/h7,9-10,13,15-16H,3-6,8,11-12H2,1-2H3,(H,22,27). The van der Waals surface area contributed by atoms with Crippen LogP contribution in [0.15, 0.2) is 22.3 Å². The van der Waals surface area contributed by atoms with E-state index in [-0.39, 0.29) is 30.0 Å². The van der Waals surface area contributed by atoms with E-state index in [0.717, 1.165) is 48.0 Å². The number of nitrogens with zero attached hydrogens (tertiary/aromatic N) is 4. The van der Waals surface area contributed by atoms with Gasteiger partial charge in [-0.05, 0) is 49.7 Å². The van der Waals surface area contributed by atoms with Crippen molar-refractivity contribution in [2.24, 2.45) is 0 Å². The highest BCUT2D eigenvalue weighted by atomic mass is 32.1. The number of rotatable bonds is 5. The molecule has 1 amide bonds. The number of likely N-dealkylation sites (tertiary alicyclic amines) is 1. The van der Waals surface area contributed by atoms with E-state index in [4.69, 9.17) is 0 Å². The summed E-state index contributed by atoms with van der Waals surface area (Å²) >= 11 is 1.61. The number of piperidine rings is 1. The van der Waals surface area contributed by atoms with Gasteiger partial charge in [0.15, 0.2) is 0 Å². The summed E-state index contributed by atoms with van der Waals surface area (Å²) in [5, 5.41) is 10.8. The maximum atomic E-state index is 13.0. The summed E-state index contributed by atoms with van der Waals surface area (Å²) in [7, 11) is 0. The van der Waals surface area contributed by atoms with Crippen LogP contribution in [-0.2, 0) is 11.3 Å². The fraction of sp³-hybridized carbons (Fsp3) is 0.571. The molecular formula is C21H27N5O2S. The maximum absolute atomic E-state index is 13.0. The van der Waals surface area contributed by atoms with Crippen molar-refractivity contribution in [3.05, 3.63) is 33.7 Å². The number of hydrogen-bond acceptors (Lipinski definition) is 5. The zero-order chi connectivity index (χ0) is 20.1. The molecule has 8 heteroatoms. The summed E-state index contributed by atoms with van der Waals surface area (Å²) in [6, 6.07) is 4.81. The molecule has 0 spiro atoms. The normalized spacial score (nSPS) is 20.7. The fourth-order valence-electron chi connectivity index (χ4n) is 4.44. The van der Waals surface area contributed by atoms with Crippen LogP contribution in [0, 0.1) is 0 Å². The molecule has 1 saturated heterocycles. The molecule has 0 aromatic carbocycles. The summed E-state index contributed by atoms with van der Waals surface area (Å²) in [5.41, 5.74) is 0.382. The Hall–Kier alpha value is -2.19. The molecule has 1 N–H and O–H groups in total. The summed E-state index contributed by atoms with van der Waals surface area (Å²) < 4.78 is 3.29. The second kappa shape index (κ2) is 7.25. The third-order valence-electron chi connectivity index (χ3n) is 6.01. The molecule has 1 unspecified atom stereocenters. The van der Waals surface area contributed by atoms with Gasteiger partial charge in [0.2, 0.25) is 5.91 Å². The molecule has 1 aliphatic carbocycles. The van der Waals surface area contributed by atoms with Crippen molar-refractivity contribution in [2.45, 2.75) is 64.1 Å². The van der Waals surface area contributed by atoms with Gasteiger partial charge in [-0.2, -0.15) is 5.10 Å². The van der Waals surface area contributed by atoms with Gasteiger partial charge in [0.1, 0.15) is 22.7 Å². The van der Waals surface area contributed by atoms with Crippen LogP contribution in [0.5, 0.6) is 0 Å². The molecule has 2 fully saturated rings. The van der Waals surface area contributed by atoms with Crippen LogP contribution in [-0.4, -0.2) is 50.2 Å². The summed E-state index contributed by atoms with van der Waals surface area (Å²) in [6.07, 6.45) is 4.69. The summed E-state index contributed by atoms with van der Waals surface area (Å²) in [5.74, 6) is 0.813. The quantitative estimate of drug-likeness (QED) is 0.698. The van der Waals surface area contributed by atoms with Crippen LogP contribution in [0.4, 0.5) is 0 Å². The average Bonchev–Trinajstić information content (AvgIpc) is 3.33. The van der Waals surface area contributed by atoms with E-state index in [1.807, 2.05) is 21.9 Å². The molecular weight excluding hydrogens is 386 g/mol. The Morgan fingerprint density at radius 2 is 2.17 bits per heavy atom. The Bertz CT molecular complexity index is 1120. The number of carbonyl (C=O) groups is 1. The van der Waals surface area contributed by atoms with Crippen molar-refractivity contribution in [1.82, 2.24) is 24.4 Å². The highest BCUT2D eigenvalue weighted by Crippen LogP contribution is 2.29. The van der Waals surface area contributed by atoms with Crippen molar-refractivity contribution in [3.63, 3.8) is 0 Å². The lowest BCUT2D eigenvalue weighted by atomic mass is 10.1. The van der Waals surface area contributed by atoms with Gasteiger partial charge < -0.3 is 5.32 Å². The van der Waals surface area contributed by atoms with E-state index in [0.29, 0.717) is 5.52 Å². The van der Waals surface area contributed by atoms with E-state index in [1.165, 1.54) is 17.5 Å². The molecule has 0 bridgehead atoms. The van der Waals surface area contributed by atoms with E-state index in [9.17, 15) is 9.59 Å². The first-order valence-electron chi connectivity index (χ1n) is 10.5. The number of amides is 1. The number of hydrogen-bond donors (Lipinski definition) is 1. The van der Waals surface area contributed by atoms with Gasteiger partial charge in [-0.25, -0.2) is 4.68 Å². The van der Waals surface area contributed by atoms with Crippen LogP contribution < -0.4 is 10.9 Å². The Balaban J connectivity index is 1.40. The highest BCUT2D eigenvalue weighted by molar-refractivity contribution is 7.16. The largest absolute Gasteiger partial charge is 0.350 e. The second-order valence-electron chi connectivity index (χ2n) is 8.65. The molecule has 0 radical (unpaired) electrons. The predicted octanol–water partition coefficient (Wildman–Crippen LogP) is 2.58. The third-order valence-corrected chi connectivity index (χ3v) is 6.92. The fourth-order valence-corrected chi connectivity index (χ4v) is 5.34. The lowest BCUT2D eigenvalue weighted by molar-refractivity contribution is -0.123. The van der Waals surface area contributed by atoms with Crippen molar-refractivity contribution in [2.75, 3.05) is 13.1 Å². The van der Waals surface area contributed by atoms with Gasteiger partial charge in [-0.15, -0.1) is 11.3 Å². The lowest BCUT2D eigenvalue weighted by Crippen LogP contribution is -2.49. The molecule has 3 aromatic heterocycles. The molecule has 7 nitrogen and oxygen atoms in total. The second-order valence-corrected chi connectivity index (χ2v) is 9.55. The number of carbonyl (C=O) groups excluding carboxylic acids is 1. The van der Waals surface area contributed by atoms with Gasteiger partial charge in [0.25, 0.3) is 5.56 Å². The van der Waals surface area contributed by atoms with Crippen molar-refractivity contribution < 1.29 is 4.79 Å². The van der Waals surface area contributed by atoms with Crippen LogP contribution in [0.3, 0.4) is 0 Å². The molecule has 4 heterocycles. The predicted molar refractivity (Wildman–Crippen MR) is 115 cm³/mol. The SMILES string of the molecule is CC(C)c1nn(CC(=O)NC2CCCN(C3CC3)C2)c(=O)c2cc3ccsc3n12. The number of nitrogens with one attached hydrogen (secondary N) is 1. The minimum absolute atomic E-state index is 0.0339. The van der Waals surface area contributed by atoms with E-state index < -0.39 is 0 Å². The lowest BCUT2D eigenvalue weighted by Gasteiger charge is -2.33. The van der Waals surface area contributed by atoms with Crippen LogP contribution in [0.1, 0.15) is 51.3 Å². The van der Waals surface area contributed by atoms with Gasteiger partial charge in [-0.3, -0.25) is 18.9 Å². The smallest absolute Gasteiger partial charge is 0.291 e. The number of thiophene rings is 1. The molecule has 154 valence electrons. The average molecular weight is 414 g/mol. The van der Waals surface area contributed by atoms with Gasteiger partial charge in [0.05, 0.1) is 0 Å². The minimum Gasteiger partial charge on any atom is -0.350 e. The van der Waals surface area contributed by atoms with Crippen molar-refractivity contribution >= 4 is 33.0 Å². The Kier molecular flexibility index (Phi) is 4.70. The van der Waals surface area contributed by atoms with Gasteiger partial charge in [-0.1, -0.05) is 13.8 Å². The first kappa shape index (κ1) is 18.8. The van der Waals surface area contributed by atoms with E-state index >= 15 is 0 Å². The third kappa shape index (κ3) is 3.48. The Morgan fingerprint density at radius 1 is 1.34 bits per heavy atom. The van der Waals surface area contributed by atoms with E-state index in [2.05, 4.69) is 29.2 Å². The van der Waals surface area contributed by atoms with Gasteiger partial charge in [0, 0.05) is 29.9 Å². The van der Waals surface area contributed by atoms with Crippen LogP contribution >= 0.6 is 11.3 Å². The van der Waals surface area contributed by atoms with Crippen LogP contribution in [0.25, 0.3) is 15.7 Å². The summed E-state index contributed by atoms with van der Waals surface area (Å²) in [4.78, 5) is 29.3. The minimum atomic E-state index is -0.212. The van der Waals surface area contributed by atoms with E-state index in [1.54, 1.807) is 11.3 Å². The molecule has 3 aromatic rings. The monoisotopic (exact) mass is 413 g/mol. The zero-order valence-electron chi connectivity index (χ0n) is 16.9.